The quantitative estimate of drug-likeness (QED) is 0.519. The number of aromatic nitrogens is 1. The zero-order valence-corrected chi connectivity index (χ0v) is 19.3. The molecule has 1 aliphatic heterocycles. The van der Waals surface area contributed by atoms with Gasteiger partial charge in [0.25, 0.3) is 15.9 Å². The number of sulfonamides is 2. The molecule has 1 aromatic heterocycles. The van der Waals surface area contributed by atoms with Gasteiger partial charge in [0.05, 0.1) is 9.79 Å². The number of carbonyl (C=O) groups is 1. The summed E-state index contributed by atoms with van der Waals surface area (Å²) in [6.45, 7) is 2.58. The van der Waals surface area contributed by atoms with Crippen molar-refractivity contribution in [1.82, 2.24) is 9.46 Å². The Morgan fingerprint density at radius 2 is 1.67 bits per heavy atom. The van der Waals surface area contributed by atoms with Gasteiger partial charge in [-0.2, -0.15) is 4.31 Å². The van der Waals surface area contributed by atoms with Crippen molar-refractivity contribution in [2.75, 3.05) is 23.1 Å². The third-order valence-corrected chi connectivity index (χ3v) is 8.35. The lowest BCUT2D eigenvalue weighted by Gasteiger charge is -2.16. The lowest BCUT2D eigenvalue weighted by molar-refractivity contribution is 0.102. The third kappa shape index (κ3) is 5.07. The summed E-state index contributed by atoms with van der Waals surface area (Å²) in [6, 6.07) is 12.8. The Morgan fingerprint density at radius 3 is 2.30 bits per heavy atom. The smallest absolute Gasteiger partial charge is 0.263 e. The van der Waals surface area contributed by atoms with Crippen LogP contribution in [0.25, 0.3) is 0 Å². The molecule has 12 heteroatoms. The molecule has 3 aromatic rings. The molecule has 0 bridgehead atoms. The summed E-state index contributed by atoms with van der Waals surface area (Å²) in [5.41, 5.74) is 0.527. The first-order valence-electron chi connectivity index (χ1n) is 10.1. The van der Waals surface area contributed by atoms with Gasteiger partial charge in [-0.15, -0.1) is 0 Å². The Hall–Kier alpha value is -3.22. The van der Waals surface area contributed by atoms with Gasteiger partial charge in [0.1, 0.15) is 5.76 Å². The molecule has 0 aliphatic carbocycles. The SMILES string of the molecule is Cc1cc(NS(=O)(=O)c2ccc(NC(=O)c3cccc(S(=O)(=O)N4CCCC4)c3)cc2)no1. The fourth-order valence-electron chi connectivity index (χ4n) is 3.41. The minimum Gasteiger partial charge on any atom is -0.360 e. The van der Waals surface area contributed by atoms with Crippen LogP contribution in [0.2, 0.25) is 0 Å². The average Bonchev–Trinajstić information content (AvgIpc) is 3.46. The first-order chi connectivity index (χ1) is 15.6. The molecule has 174 valence electrons. The number of aryl methyl sites for hydroxylation is 1. The molecule has 1 aliphatic rings. The number of carbonyl (C=O) groups excluding carboxylic acids is 1. The summed E-state index contributed by atoms with van der Waals surface area (Å²) in [5, 5.41) is 6.25. The van der Waals surface area contributed by atoms with Gasteiger partial charge in [0.15, 0.2) is 5.82 Å². The van der Waals surface area contributed by atoms with Crippen LogP contribution in [-0.2, 0) is 20.0 Å². The molecule has 0 atom stereocenters. The number of benzene rings is 2. The summed E-state index contributed by atoms with van der Waals surface area (Å²) in [5.74, 6) is 0.0111. The van der Waals surface area contributed by atoms with E-state index in [4.69, 9.17) is 4.52 Å². The number of hydrogen-bond acceptors (Lipinski definition) is 7. The zero-order chi connectivity index (χ0) is 23.6. The van der Waals surface area contributed by atoms with Crippen LogP contribution in [-0.4, -0.2) is 45.3 Å². The van der Waals surface area contributed by atoms with Crippen LogP contribution in [0.4, 0.5) is 11.5 Å². The van der Waals surface area contributed by atoms with Gasteiger partial charge in [-0.25, -0.2) is 16.8 Å². The number of amides is 1. The molecule has 2 heterocycles. The number of hydrogen-bond donors (Lipinski definition) is 2. The molecule has 0 spiro atoms. The Bertz CT molecular complexity index is 1380. The number of nitrogens with one attached hydrogen (secondary N) is 2. The van der Waals surface area contributed by atoms with E-state index < -0.39 is 26.0 Å². The van der Waals surface area contributed by atoms with Gasteiger partial charge < -0.3 is 9.84 Å². The number of anilines is 2. The summed E-state index contributed by atoms with van der Waals surface area (Å²) in [7, 11) is -7.53. The van der Waals surface area contributed by atoms with Crippen LogP contribution in [0.5, 0.6) is 0 Å². The molecule has 4 rings (SSSR count). The molecule has 1 fully saturated rings. The van der Waals surface area contributed by atoms with Crippen molar-refractivity contribution in [3.63, 3.8) is 0 Å². The number of rotatable bonds is 7. The summed E-state index contributed by atoms with van der Waals surface area (Å²) < 4.78 is 59.0. The molecule has 0 saturated carbocycles. The first kappa shape index (κ1) is 23.0. The Kier molecular flexibility index (Phi) is 6.23. The lowest BCUT2D eigenvalue weighted by Crippen LogP contribution is -2.28. The monoisotopic (exact) mass is 490 g/mol. The second-order valence-corrected chi connectivity index (χ2v) is 11.2. The Balaban J connectivity index is 1.47. The van der Waals surface area contributed by atoms with Gasteiger partial charge >= 0.3 is 0 Å². The Labute approximate surface area is 191 Å². The van der Waals surface area contributed by atoms with E-state index in [-0.39, 0.29) is 21.2 Å². The van der Waals surface area contributed by atoms with Gasteiger partial charge in [-0.1, -0.05) is 11.2 Å². The van der Waals surface area contributed by atoms with Crippen molar-refractivity contribution in [1.29, 1.82) is 0 Å². The van der Waals surface area contributed by atoms with Crippen molar-refractivity contribution in [2.45, 2.75) is 29.6 Å². The van der Waals surface area contributed by atoms with Crippen LogP contribution in [0.3, 0.4) is 0 Å². The largest absolute Gasteiger partial charge is 0.360 e. The molecule has 1 amide bonds. The highest BCUT2D eigenvalue weighted by Gasteiger charge is 2.27. The van der Waals surface area contributed by atoms with Gasteiger partial charge in [0.2, 0.25) is 10.0 Å². The summed E-state index contributed by atoms with van der Waals surface area (Å²) in [6.07, 6.45) is 1.64. The standard InChI is InChI=1S/C21H22N4O6S2/c1-15-13-20(23-31-15)24-32(27,28)18-9-7-17(8-10-18)22-21(26)16-5-4-6-19(14-16)33(29,30)25-11-2-3-12-25/h4-10,13-14H,2-3,11-12H2,1H3,(H,22,26)(H,23,24). The Morgan fingerprint density at radius 1 is 0.970 bits per heavy atom. The highest BCUT2D eigenvalue weighted by molar-refractivity contribution is 7.92. The molecule has 0 radical (unpaired) electrons. The lowest BCUT2D eigenvalue weighted by atomic mass is 10.2. The van der Waals surface area contributed by atoms with E-state index in [2.05, 4.69) is 15.2 Å². The van der Waals surface area contributed by atoms with Crippen LogP contribution < -0.4 is 10.0 Å². The van der Waals surface area contributed by atoms with E-state index in [1.807, 2.05) is 0 Å². The molecule has 33 heavy (non-hydrogen) atoms. The second-order valence-electron chi connectivity index (χ2n) is 7.55. The van der Waals surface area contributed by atoms with E-state index in [1.165, 1.54) is 58.9 Å². The predicted octanol–water partition coefficient (Wildman–Crippen LogP) is 2.82. The average molecular weight is 491 g/mol. The molecule has 2 aromatic carbocycles. The topological polar surface area (TPSA) is 139 Å². The maximum atomic E-state index is 12.8. The maximum absolute atomic E-state index is 12.8. The van der Waals surface area contributed by atoms with Crippen molar-refractivity contribution in [2.24, 2.45) is 0 Å². The van der Waals surface area contributed by atoms with Crippen molar-refractivity contribution < 1.29 is 26.2 Å². The summed E-state index contributed by atoms with van der Waals surface area (Å²) in [4.78, 5) is 12.7. The van der Waals surface area contributed by atoms with Crippen LogP contribution in [0.15, 0.2) is 68.9 Å². The highest BCUT2D eigenvalue weighted by Crippen LogP contribution is 2.23. The molecule has 2 N–H and O–H groups in total. The molecular weight excluding hydrogens is 468 g/mol. The predicted molar refractivity (Wildman–Crippen MR) is 121 cm³/mol. The van der Waals surface area contributed by atoms with Gasteiger partial charge in [-0.3, -0.25) is 9.52 Å². The summed E-state index contributed by atoms with van der Waals surface area (Å²) >= 11 is 0. The second kappa shape index (κ2) is 8.96. The van der Waals surface area contributed by atoms with Crippen molar-refractivity contribution in [3.05, 3.63) is 65.9 Å². The first-order valence-corrected chi connectivity index (χ1v) is 13.1. The van der Waals surface area contributed by atoms with Crippen molar-refractivity contribution >= 4 is 37.5 Å². The number of nitrogens with zero attached hydrogens (tertiary/aromatic N) is 2. The fourth-order valence-corrected chi connectivity index (χ4v) is 5.95. The van der Waals surface area contributed by atoms with Crippen molar-refractivity contribution in [3.8, 4) is 0 Å². The normalized spacial score (nSPS) is 14.8. The van der Waals surface area contributed by atoms with Crippen LogP contribution in [0, 0.1) is 6.92 Å². The van der Waals surface area contributed by atoms with E-state index in [1.54, 1.807) is 6.92 Å². The highest BCUT2D eigenvalue weighted by atomic mass is 32.2. The maximum Gasteiger partial charge on any atom is 0.263 e. The molecule has 0 unspecified atom stereocenters. The minimum atomic E-state index is -3.88. The minimum absolute atomic E-state index is 0.0279. The van der Waals surface area contributed by atoms with Crippen LogP contribution >= 0.6 is 0 Å². The fraction of sp³-hybridized carbons (Fsp3) is 0.238. The van der Waals surface area contributed by atoms with E-state index in [9.17, 15) is 21.6 Å². The van der Waals surface area contributed by atoms with Gasteiger partial charge in [-0.05, 0) is 62.2 Å². The third-order valence-electron chi connectivity index (χ3n) is 5.09. The van der Waals surface area contributed by atoms with Crippen LogP contribution in [0.1, 0.15) is 29.0 Å². The van der Waals surface area contributed by atoms with E-state index in [0.29, 0.717) is 24.5 Å². The van der Waals surface area contributed by atoms with E-state index in [0.717, 1.165) is 12.8 Å². The molecule has 10 nitrogen and oxygen atoms in total. The van der Waals surface area contributed by atoms with E-state index >= 15 is 0 Å². The van der Waals surface area contributed by atoms with Gasteiger partial charge in [0, 0.05) is 30.4 Å². The zero-order valence-electron chi connectivity index (χ0n) is 17.7. The molecular formula is C21H22N4O6S2. The molecule has 1 saturated heterocycles.